The van der Waals surface area contributed by atoms with E-state index in [-0.39, 0.29) is 11.3 Å². The Labute approximate surface area is 153 Å². The van der Waals surface area contributed by atoms with Crippen molar-refractivity contribution < 1.29 is 18.3 Å². The van der Waals surface area contributed by atoms with Crippen LogP contribution in [-0.2, 0) is 0 Å². The molecular weight excluding hydrogens is 348 g/mol. The molecule has 6 heteroatoms. The van der Waals surface area contributed by atoms with Gasteiger partial charge in [0.25, 0.3) is 0 Å². The van der Waals surface area contributed by atoms with E-state index >= 15 is 0 Å². The van der Waals surface area contributed by atoms with Crippen molar-refractivity contribution in [2.24, 2.45) is 0 Å². The van der Waals surface area contributed by atoms with Gasteiger partial charge in [-0.15, -0.1) is 0 Å². The number of ether oxygens (including phenoxy) is 2. The highest BCUT2D eigenvalue weighted by molar-refractivity contribution is 5.78. The van der Waals surface area contributed by atoms with Crippen molar-refractivity contribution in [3.63, 3.8) is 0 Å². The van der Waals surface area contributed by atoms with Gasteiger partial charge in [-0.3, -0.25) is 0 Å². The van der Waals surface area contributed by atoms with Crippen LogP contribution in [0.15, 0.2) is 79.1 Å². The molecule has 0 N–H and O–H groups in total. The summed E-state index contributed by atoms with van der Waals surface area (Å²) < 4.78 is 21.6. The van der Waals surface area contributed by atoms with Crippen LogP contribution in [0, 0.1) is 0 Å². The summed E-state index contributed by atoms with van der Waals surface area (Å²) in [6.45, 7) is 0.899. The SMILES string of the molecule is O=c1ccc2ccc(OCCCOc3ccc4ccc(=O)oc4c3)cc2o1. The van der Waals surface area contributed by atoms with Crippen LogP contribution in [0.4, 0.5) is 0 Å². The van der Waals surface area contributed by atoms with E-state index in [9.17, 15) is 9.59 Å². The van der Waals surface area contributed by atoms with Gasteiger partial charge >= 0.3 is 11.3 Å². The molecule has 6 nitrogen and oxygen atoms in total. The lowest BCUT2D eigenvalue weighted by atomic mass is 10.2. The highest BCUT2D eigenvalue weighted by Crippen LogP contribution is 2.21. The second-order valence-corrected chi connectivity index (χ2v) is 5.96. The van der Waals surface area contributed by atoms with Crippen molar-refractivity contribution >= 4 is 21.9 Å². The normalized spacial score (nSPS) is 11.0. The Morgan fingerprint density at radius 2 is 1.07 bits per heavy atom. The summed E-state index contributed by atoms with van der Waals surface area (Å²) in [5.41, 5.74) is 0.210. The molecule has 0 aliphatic carbocycles. The molecule has 27 heavy (non-hydrogen) atoms. The molecule has 0 aliphatic rings. The van der Waals surface area contributed by atoms with Crippen molar-refractivity contribution in [3.8, 4) is 11.5 Å². The molecule has 136 valence electrons. The maximum atomic E-state index is 11.3. The van der Waals surface area contributed by atoms with Gasteiger partial charge in [-0.1, -0.05) is 0 Å². The van der Waals surface area contributed by atoms with Crippen LogP contribution in [0.25, 0.3) is 21.9 Å². The first-order valence-corrected chi connectivity index (χ1v) is 8.51. The summed E-state index contributed by atoms with van der Waals surface area (Å²) in [7, 11) is 0. The Hall–Kier alpha value is -3.54. The topological polar surface area (TPSA) is 78.9 Å². The Kier molecular flexibility index (Phi) is 4.61. The fourth-order valence-electron chi connectivity index (χ4n) is 2.70. The Balaban J connectivity index is 1.31. The van der Waals surface area contributed by atoms with Crippen LogP contribution in [0.5, 0.6) is 11.5 Å². The van der Waals surface area contributed by atoms with Crippen LogP contribution in [0.3, 0.4) is 0 Å². The largest absolute Gasteiger partial charge is 0.493 e. The molecule has 0 unspecified atom stereocenters. The van der Waals surface area contributed by atoms with E-state index in [1.54, 1.807) is 24.3 Å². The lowest BCUT2D eigenvalue weighted by molar-refractivity contribution is 0.247. The van der Waals surface area contributed by atoms with Crippen molar-refractivity contribution in [2.75, 3.05) is 13.2 Å². The zero-order chi connectivity index (χ0) is 18.6. The van der Waals surface area contributed by atoms with Gasteiger partial charge in [0.15, 0.2) is 0 Å². The number of benzene rings is 2. The maximum absolute atomic E-state index is 11.3. The third-order valence-corrected chi connectivity index (χ3v) is 4.02. The van der Waals surface area contributed by atoms with E-state index in [0.717, 1.165) is 10.8 Å². The van der Waals surface area contributed by atoms with Gasteiger partial charge < -0.3 is 18.3 Å². The summed E-state index contributed by atoms with van der Waals surface area (Å²) in [6, 6.07) is 16.9. The molecule has 0 spiro atoms. The van der Waals surface area contributed by atoms with Crippen LogP contribution in [0.2, 0.25) is 0 Å². The monoisotopic (exact) mass is 364 g/mol. The Bertz CT molecular complexity index is 1110. The molecule has 0 aliphatic heterocycles. The fraction of sp³-hybridized carbons (Fsp3) is 0.143. The predicted molar refractivity (Wildman–Crippen MR) is 101 cm³/mol. The Morgan fingerprint density at radius 1 is 0.630 bits per heavy atom. The van der Waals surface area contributed by atoms with E-state index < -0.39 is 0 Å². The van der Waals surface area contributed by atoms with Gasteiger partial charge in [0.05, 0.1) is 13.2 Å². The predicted octanol–water partition coefficient (Wildman–Crippen LogP) is 3.75. The highest BCUT2D eigenvalue weighted by atomic mass is 16.5. The van der Waals surface area contributed by atoms with E-state index in [4.69, 9.17) is 18.3 Å². The van der Waals surface area contributed by atoms with E-state index in [2.05, 4.69) is 0 Å². The minimum Gasteiger partial charge on any atom is -0.493 e. The third-order valence-electron chi connectivity index (χ3n) is 4.02. The second kappa shape index (κ2) is 7.37. The van der Waals surface area contributed by atoms with Crippen molar-refractivity contribution in [1.29, 1.82) is 0 Å². The third kappa shape index (κ3) is 4.00. The summed E-state index contributed by atoms with van der Waals surface area (Å²) in [6.07, 6.45) is 0.660. The first-order valence-electron chi connectivity index (χ1n) is 8.51. The fourth-order valence-corrected chi connectivity index (χ4v) is 2.70. The smallest absolute Gasteiger partial charge is 0.336 e. The summed E-state index contributed by atoms with van der Waals surface area (Å²) in [5, 5.41) is 1.68. The molecule has 2 heterocycles. The molecule has 0 atom stereocenters. The molecule has 0 saturated heterocycles. The quantitative estimate of drug-likeness (QED) is 0.383. The van der Waals surface area contributed by atoms with E-state index in [1.807, 2.05) is 24.3 Å². The molecular formula is C21H16O6. The average molecular weight is 364 g/mol. The zero-order valence-electron chi connectivity index (χ0n) is 14.3. The summed E-state index contributed by atoms with van der Waals surface area (Å²) >= 11 is 0. The number of fused-ring (bicyclic) bond motifs is 2. The Morgan fingerprint density at radius 3 is 1.56 bits per heavy atom. The molecule has 2 aromatic carbocycles. The van der Waals surface area contributed by atoms with E-state index in [1.165, 1.54) is 12.1 Å². The standard InChI is InChI=1S/C21H16O6/c22-20-8-4-14-2-6-16(12-18(14)26-20)24-10-1-11-25-17-7-3-15-5-9-21(23)27-19(15)13-17/h2-9,12-13H,1,10-11H2. The summed E-state index contributed by atoms with van der Waals surface area (Å²) in [4.78, 5) is 22.6. The van der Waals surface area contributed by atoms with Gasteiger partial charge in [-0.2, -0.15) is 0 Å². The zero-order valence-corrected chi connectivity index (χ0v) is 14.3. The molecule has 0 radical (unpaired) electrons. The molecule has 0 fully saturated rings. The molecule has 0 bridgehead atoms. The van der Waals surface area contributed by atoms with Crippen LogP contribution in [0.1, 0.15) is 6.42 Å². The van der Waals surface area contributed by atoms with Crippen molar-refractivity contribution in [3.05, 3.63) is 81.5 Å². The van der Waals surface area contributed by atoms with E-state index in [0.29, 0.717) is 42.3 Å². The lowest BCUT2D eigenvalue weighted by Gasteiger charge is -2.09. The van der Waals surface area contributed by atoms with Gasteiger partial charge in [0.2, 0.25) is 0 Å². The van der Waals surface area contributed by atoms with Crippen LogP contribution in [-0.4, -0.2) is 13.2 Å². The highest BCUT2D eigenvalue weighted by Gasteiger charge is 2.02. The molecule has 0 saturated carbocycles. The number of hydrogen-bond acceptors (Lipinski definition) is 6. The maximum Gasteiger partial charge on any atom is 0.336 e. The van der Waals surface area contributed by atoms with Gasteiger partial charge in [-0.05, 0) is 36.4 Å². The van der Waals surface area contributed by atoms with Crippen LogP contribution < -0.4 is 20.7 Å². The number of hydrogen-bond donors (Lipinski definition) is 0. The van der Waals surface area contributed by atoms with Crippen LogP contribution >= 0.6 is 0 Å². The second-order valence-electron chi connectivity index (χ2n) is 5.96. The van der Waals surface area contributed by atoms with Crippen molar-refractivity contribution in [1.82, 2.24) is 0 Å². The molecule has 2 aromatic heterocycles. The molecule has 4 rings (SSSR count). The van der Waals surface area contributed by atoms with Gasteiger partial charge in [0, 0.05) is 41.5 Å². The minimum absolute atomic E-state index is 0.390. The van der Waals surface area contributed by atoms with Gasteiger partial charge in [-0.25, -0.2) is 9.59 Å². The number of rotatable bonds is 6. The first-order chi connectivity index (χ1) is 13.2. The molecule has 4 aromatic rings. The first kappa shape index (κ1) is 16.9. The average Bonchev–Trinajstić information content (AvgIpc) is 2.67. The lowest BCUT2D eigenvalue weighted by Crippen LogP contribution is -2.05. The minimum atomic E-state index is -0.390. The van der Waals surface area contributed by atoms with Crippen molar-refractivity contribution in [2.45, 2.75) is 6.42 Å². The molecule has 0 amide bonds. The summed E-state index contributed by atoms with van der Waals surface area (Å²) in [5.74, 6) is 1.26. The van der Waals surface area contributed by atoms with Gasteiger partial charge in [0.1, 0.15) is 22.7 Å².